The number of hydrogen-bond donors (Lipinski definition) is 1. The Morgan fingerprint density at radius 2 is 2.17 bits per heavy atom. The van der Waals surface area contributed by atoms with E-state index >= 15 is 0 Å². The molecule has 1 aromatic carbocycles. The number of nitrogens with one attached hydrogen (secondary N) is 1. The van der Waals surface area contributed by atoms with Crippen LogP contribution in [0.2, 0.25) is 0 Å². The molecule has 6 heteroatoms. The summed E-state index contributed by atoms with van der Waals surface area (Å²) < 4.78 is 5.18. The Balaban J connectivity index is 1.42. The second-order valence-corrected chi connectivity index (χ2v) is 7.61. The lowest BCUT2D eigenvalue weighted by Gasteiger charge is -2.30. The first-order valence-corrected chi connectivity index (χ1v) is 9.16. The van der Waals surface area contributed by atoms with Crippen LogP contribution in [0, 0.1) is 5.92 Å². The molecule has 2 fully saturated rings. The first kappa shape index (κ1) is 15.6. The molecule has 0 saturated carbocycles. The van der Waals surface area contributed by atoms with Gasteiger partial charge in [-0.1, -0.05) is 0 Å². The fourth-order valence-corrected chi connectivity index (χ4v) is 4.50. The second kappa shape index (κ2) is 6.53. The molecule has 2 aromatic rings. The highest BCUT2D eigenvalue weighted by Gasteiger charge is 2.33. The molecule has 1 amide bonds. The average Bonchev–Trinajstić information content (AvgIpc) is 3.22. The number of rotatable bonds is 4. The topological polar surface area (TPSA) is 54.5 Å². The van der Waals surface area contributed by atoms with Gasteiger partial charge >= 0.3 is 0 Å². The maximum Gasteiger partial charge on any atom is 0.280 e. The number of fused-ring (bicyclic) bond motifs is 2. The number of hydrogen-bond acceptors (Lipinski definition) is 5. The third-order valence-corrected chi connectivity index (χ3v) is 5.92. The maximum atomic E-state index is 12.5. The zero-order chi connectivity index (χ0) is 16.5. The van der Waals surface area contributed by atoms with Crippen molar-refractivity contribution in [3.63, 3.8) is 0 Å². The molecule has 24 heavy (non-hydrogen) atoms. The molecule has 3 heterocycles. The summed E-state index contributed by atoms with van der Waals surface area (Å²) in [5, 5.41) is 3.70. The maximum absolute atomic E-state index is 12.5. The molecule has 0 radical (unpaired) electrons. The van der Waals surface area contributed by atoms with Gasteiger partial charge in [0.25, 0.3) is 5.91 Å². The molecule has 3 unspecified atom stereocenters. The smallest absolute Gasteiger partial charge is 0.280 e. The highest BCUT2D eigenvalue weighted by Crippen LogP contribution is 2.29. The molecule has 1 N–H and O–H groups in total. The van der Waals surface area contributed by atoms with Crippen molar-refractivity contribution < 1.29 is 9.53 Å². The van der Waals surface area contributed by atoms with Crippen LogP contribution >= 0.6 is 11.3 Å². The zero-order valence-corrected chi connectivity index (χ0v) is 14.5. The quantitative estimate of drug-likeness (QED) is 0.927. The van der Waals surface area contributed by atoms with Crippen LogP contribution in [0.1, 0.15) is 22.6 Å². The molecule has 0 aliphatic carbocycles. The Bertz CT molecular complexity index is 716. The molecule has 0 spiro atoms. The minimum Gasteiger partial charge on any atom is -0.497 e. The summed E-state index contributed by atoms with van der Waals surface area (Å²) in [5.41, 5.74) is 1.05. The normalized spacial score (nSPS) is 25.5. The average molecular weight is 343 g/mol. The van der Waals surface area contributed by atoms with Crippen molar-refractivity contribution in [2.45, 2.75) is 18.9 Å². The van der Waals surface area contributed by atoms with E-state index in [2.05, 4.69) is 15.2 Å². The van der Waals surface area contributed by atoms with E-state index in [4.69, 9.17) is 4.74 Å². The van der Waals surface area contributed by atoms with Gasteiger partial charge in [-0.05, 0) is 55.1 Å². The number of ether oxygens (including phenoxy) is 1. The number of benzene rings is 1. The summed E-state index contributed by atoms with van der Waals surface area (Å²) in [5.74, 6) is 1.52. The fraction of sp³-hybridized carbons (Fsp3) is 0.444. The third kappa shape index (κ3) is 3.16. The molecule has 126 valence electrons. The minimum absolute atomic E-state index is 0.0488. The van der Waals surface area contributed by atoms with Crippen molar-refractivity contribution >= 4 is 17.2 Å². The van der Waals surface area contributed by atoms with E-state index in [0.29, 0.717) is 5.01 Å². The molecule has 2 bridgehead atoms. The lowest BCUT2D eigenvalue weighted by molar-refractivity contribution is 0.0909. The Morgan fingerprint density at radius 3 is 2.92 bits per heavy atom. The Morgan fingerprint density at radius 1 is 1.33 bits per heavy atom. The molecule has 1 aromatic heterocycles. The van der Waals surface area contributed by atoms with E-state index in [1.54, 1.807) is 13.3 Å². The summed E-state index contributed by atoms with van der Waals surface area (Å²) in [7, 11) is 1.65. The van der Waals surface area contributed by atoms with E-state index in [1.807, 2.05) is 24.3 Å². The number of amides is 1. The molecular weight excluding hydrogens is 322 g/mol. The van der Waals surface area contributed by atoms with Crippen molar-refractivity contribution in [2.75, 3.05) is 26.7 Å². The van der Waals surface area contributed by atoms with Gasteiger partial charge in [0.05, 0.1) is 12.0 Å². The van der Waals surface area contributed by atoms with Crippen LogP contribution in [-0.4, -0.2) is 48.6 Å². The van der Waals surface area contributed by atoms with Gasteiger partial charge in [-0.2, -0.15) is 0 Å². The van der Waals surface area contributed by atoms with E-state index in [-0.39, 0.29) is 11.9 Å². The Kier molecular flexibility index (Phi) is 4.24. The van der Waals surface area contributed by atoms with Crippen molar-refractivity contribution in [1.82, 2.24) is 15.2 Å². The highest BCUT2D eigenvalue weighted by atomic mass is 32.1. The summed E-state index contributed by atoms with van der Waals surface area (Å²) in [4.78, 5) is 20.2. The van der Waals surface area contributed by atoms with Gasteiger partial charge in [-0.15, -0.1) is 11.3 Å². The van der Waals surface area contributed by atoms with Crippen LogP contribution in [0.25, 0.3) is 10.4 Å². The number of carbonyl (C=O) groups excluding carboxylic acids is 1. The Hall–Kier alpha value is -1.92. The van der Waals surface area contributed by atoms with Crippen LogP contribution in [0.5, 0.6) is 5.75 Å². The predicted molar refractivity (Wildman–Crippen MR) is 94.5 cm³/mol. The summed E-state index contributed by atoms with van der Waals surface area (Å²) in [6.07, 6.45) is 4.14. The lowest BCUT2D eigenvalue weighted by Crippen LogP contribution is -2.46. The monoisotopic (exact) mass is 343 g/mol. The molecule has 5 nitrogen and oxygen atoms in total. The van der Waals surface area contributed by atoms with Gasteiger partial charge in [0.2, 0.25) is 0 Å². The SMILES string of the molecule is COc1ccc(-c2cnc(C(=O)NC3CC4CCN(C4)C3)s2)cc1. The minimum atomic E-state index is -0.0488. The van der Waals surface area contributed by atoms with Gasteiger partial charge in [-0.25, -0.2) is 4.98 Å². The van der Waals surface area contributed by atoms with Crippen LogP contribution < -0.4 is 10.1 Å². The van der Waals surface area contributed by atoms with E-state index < -0.39 is 0 Å². The van der Waals surface area contributed by atoms with Crippen molar-refractivity contribution in [3.05, 3.63) is 35.5 Å². The fourth-order valence-electron chi connectivity index (χ4n) is 3.68. The van der Waals surface area contributed by atoms with Gasteiger partial charge in [-0.3, -0.25) is 4.79 Å². The van der Waals surface area contributed by atoms with Gasteiger partial charge < -0.3 is 15.0 Å². The van der Waals surface area contributed by atoms with Gasteiger partial charge in [0.15, 0.2) is 5.01 Å². The van der Waals surface area contributed by atoms with Crippen molar-refractivity contribution in [1.29, 1.82) is 0 Å². The number of nitrogens with zero attached hydrogens (tertiary/aromatic N) is 2. The molecule has 4 rings (SSSR count). The van der Waals surface area contributed by atoms with E-state index in [0.717, 1.165) is 35.1 Å². The number of aromatic nitrogens is 1. The zero-order valence-electron chi connectivity index (χ0n) is 13.7. The number of piperidine rings is 1. The van der Waals surface area contributed by atoms with Crippen LogP contribution in [0.4, 0.5) is 0 Å². The first-order valence-electron chi connectivity index (χ1n) is 8.35. The first-order chi connectivity index (χ1) is 11.7. The van der Waals surface area contributed by atoms with Crippen LogP contribution in [-0.2, 0) is 0 Å². The van der Waals surface area contributed by atoms with Crippen LogP contribution in [0.15, 0.2) is 30.5 Å². The Labute approximate surface area is 145 Å². The van der Waals surface area contributed by atoms with Crippen molar-refractivity contribution in [2.24, 2.45) is 5.92 Å². The summed E-state index contributed by atoms with van der Waals surface area (Å²) in [6, 6.07) is 8.06. The van der Waals surface area contributed by atoms with Crippen molar-refractivity contribution in [3.8, 4) is 16.2 Å². The molecule has 2 aliphatic heterocycles. The van der Waals surface area contributed by atoms with E-state index in [9.17, 15) is 4.79 Å². The molecule has 3 atom stereocenters. The van der Waals surface area contributed by atoms with Gasteiger partial charge in [0.1, 0.15) is 5.75 Å². The van der Waals surface area contributed by atoms with Gasteiger partial charge in [0, 0.05) is 25.3 Å². The second-order valence-electron chi connectivity index (χ2n) is 6.58. The number of thiazole rings is 1. The largest absolute Gasteiger partial charge is 0.497 e. The molecule has 2 aliphatic rings. The highest BCUT2D eigenvalue weighted by molar-refractivity contribution is 7.16. The lowest BCUT2D eigenvalue weighted by atomic mass is 9.97. The predicted octanol–water partition coefficient (Wildman–Crippen LogP) is 2.64. The van der Waals surface area contributed by atoms with Crippen LogP contribution in [0.3, 0.4) is 0 Å². The summed E-state index contributed by atoms with van der Waals surface area (Å²) >= 11 is 1.44. The number of carbonyl (C=O) groups is 1. The molecular formula is C18H21N3O2S. The third-order valence-electron chi connectivity index (χ3n) is 4.88. The van der Waals surface area contributed by atoms with E-state index in [1.165, 1.54) is 30.8 Å². The summed E-state index contributed by atoms with van der Waals surface area (Å²) in [6.45, 7) is 3.35. The molecule has 2 saturated heterocycles. The standard InChI is InChI=1S/C18H21N3O2S/c1-23-15-4-2-13(3-5-15)16-9-19-18(24-16)17(22)20-14-8-12-6-7-21(10-12)11-14/h2-5,9,12,14H,6-8,10-11H2,1H3,(H,20,22). The number of methoxy groups -OCH3 is 1.